The number of likely N-dealkylation sites (tertiary alicyclic amines) is 1. The Morgan fingerprint density at radius 2 is 1.65 bits per heavy atom. The number of benzene rings is 1. The van der Waals surface area contributed by atoms with Gasteiger partial charge in [-0.2, -0.15) is 0 Å². The fourth-order valence-electron chi connectivity index (χ4n) is 3.21. The summed E-state index contributed by atoms with van der Waals surface area (Å²) in [5, 5.41) is 0. The first-order valence-corrected chi connectivity index (χ1v) is 8.65. The summed E-state index contributed by atoms with van der Waals surface area (Å²) in [6.07, 6.45) is 3.80. The molecule has 2 saturated heterocycles. The molecule has 3 nitrogen and oxygen atoms in total. The lowest BCUT2D eigenvalue weighted by atomic mass is 9.78. The number of rotatable bonds is 3. The Balaban J connectivity index is 1.72. The minimum absolute atomic E-state index is 0.238. The van der Waals surface area contributed by atoms with Crippen molar-refractivity contribution in [2.45, 2.75) is 64.7 Å². The van der Waals surface area contributed by atoms with Gasteiger partial charge < -0.3 is 9.31 Å². The van der Waals surface area contributed by atoms with Gasteiger partial charge in [0.1, 0.15) is 5.82 Å². The average Bonchev–Trinajstić information content (AvgIpc) is 2.68. The van der Waals surface area contributed by atoms with Crippen LogP contribution in [0.2, 0.25) is 0 Å². The van der Waals surface area contributed by atoms with Crippen LogP contribution in [-0.2, 0) is 15.9 Å². The second kappa shape index (κ2) is 6.19. The smallest absolute Gasteiger partial charge is 0.399 e. The summed E-state index contributed by atoms with van der Waals surface area (Å²) >= 11 is 0. The van der Waals surface area contributed by atoms with Crippen molar-refractivity contribution in [2.75, 3.05) is 13.1 Å². The molecule has 2 fully saturated rings. The maximum absolute atomic E-state index is 14.6. The normalized spacial score (nSPS) is 24.1. The molecule has 0 aliphatic carbocycles. The summed E-state index contributed by atoms with van der Waals surface area (Å²) < 4.78 is 26.5. The van der Waals surface area contributed by atoms with Crippen LogP contribution in [0.25, 0.3) is 0 Å². The largest absolute Gasteiger partial charge is 0.497 e. The predicted octanol–water partition coefficient (Wildman–Crippen LogP) is 3.11. The minimum Gasteiger partial charge on any atom is -0.399 e. The maximum atomic E-state index is 14.6. The predicted molar refractivity (Wildman–Crippen MR) is 91.2 cm³/mol. The van der Waals surface area contributed by atoms with Crippen LogP contribution in [0, 0.1) is 5.82 Å². The van der Waals surface area contributed by atoms with E-state index in [2.05, 4.69) is 4.90 Å². The first-order chi connectivity index (χ1) is 10.8. The maximum Gasteiger partial charge on any atom is 0.497 e. The minimum atomic E-state index is -0.635. The Labute approximate surface area is 139 Å². The van der Waals surface area contributed by atoms with E-state index >= 15 is 0 Å². The molecule has 0 amide bonds. The van der Waals surface area contributed by atoms with Gasteiger partial charge in [-0.25, -0.2) is 4.39 Å². The van der Waals surface area contributed by atoms with Crippen LogP contribution >= 0.6 is 0 Å². The number of piperidine rings is 1. The lowest BCUT2D eigenvalue weighted by Crippen LogP contribution is -2.41. The van der Waals surface area contributed by atoms with Crippen LogP contribution in [-0.4, -0.2) is 36.3 Å². The van der Waals surface area contributed by atoms with Crippen molar-refractivity contribution < 1.29 is 13.7 Å². The van der Waals surface area contributed by atoms with Gasteiger partial charge in [0.25, 0.3) is 0 Å². The molecule has 0 N–H and O–H groups in total. The molecule has 0 spiro atoms. The van der Waals surface area contributed by atoms with E-state index in [0.29, 0.717) is 5.46 Å². The zero-order valence-corrected chi connectivity index (χ0v) is 14.7. The number of hydrogen-bond donors (Lipinski definition) is 0. The molecular weight excluding hydrogens is 292 g/mol. The zero-order valence-electron chi connectivity index (χ0n) is 14.7. The van der Waals surface area contributed by atoms with Crippen molar-refractivity contribution in [3.63, 3.8) is 0 Å². The molecule has 0 atom stereocenters. The quantitative estimate of drug-likeness (QED) is 0.799. The SMILES string of the molecule is CC1(C)OB(c2ccc(CN3CCCCC3)cc2F)OC1(C)C. The van der Waals surface area contributed by atoms with E-state index in [1.807, 2.05) is 39.8 Å². The highest BCUT2D eigenvalue weighted by Gasteiger charge is 2.52. The second-order valence-electron chi connectivity index (χ2n) is 7.78. The Kier molecular flexibility index (Phi) is 4.56. The number of halogens is 1. The van der Waals surface area contributed by atoms with Crippen molar-refractivity contribution in [1.29, 1.82) is 0 Å². The third-order valence-corrected chi connectivity index (χ3v) is 5.43. The fraction of sp³-hybridized carbons (Fsp3) is 0.667. The van der Waals surface area contributed by atoms with E-state index in [1.165, 1.54) is 19.3 Å². The van der Waals surface area contributed by atoms with E-state index < -0.39 is 18.3 Å². The molecule has 0 radical (unpaired) electrons. The van der Waals surface area contributed by atoms with Crippen molar-refractivity contribution in [3.8, 4) is 0 Å². The molecule has 1 aromatic carbocycles. The number of hydrogen-bond acceptors (Lipinski definition) is 3. The van der Waals surface area contributed by atoms with Crippen LogP contribution in [0.1, 0.15) is 52.5 Å². The molecule has 126 valence electrons. The lowest BCUT2D eigenvalue weighted by Gasteiger charge is -2.32. The van der Waals surface area contributed by atoms with Gasteiger partial charge in [0, 0.05) is 12.0 Å². The first-order valence-electron chi connectivity index (χ1n) is 8.65. The van der Waals surface area contributed by atoms with Crippen molar-refractivity contribution in [1.82, 2.24) is 4.90 Å². The highest BCUT2D eigenvalue weighted by Crippen LogP contribution is 2.36. The molecule has 1 aromatic rings. The van der Waals surface area contributed by atoms with Gasteiger partial charge in [0.05, 0.1) is 11.2 Å². The summed E-state index contributed by atoms with van der Waals surface area (Å²) in [4.78, 5) is 2.40. The van der Waals surface area contributed by atoms with Crippen LogP contribution in [0.3, 0.4) is 0 Å². The van der Waals surface area contributed by atoms with E-state index in [4.69, 9.17) is 9.31 Å². The molecule has 3 rings (SSSR count). The fourth-order valence-corrected chi connectivity index (χ4v) is 3.21. The Morgan fingerprint density at radius 3 is 2.22 bits per heavy atom. The summed E-state index contributed by atoms with van der Waals surface area (Å²) in [5.41, 5.74) is 0.614. The highest BCUT2D eigenvalue weighted by atomic mass is 19.1. The molecule has 0 bridgehead atoms. The van der Waals surface area contributed by atoms with Crippen molar-refractivity contribution in [2.24, 2.45) is 0 Å². The van der Waals surface area contributed by atoms with Gasteiger partial charge in [-0.15, -0.1) is 0 Å². The Hall–Kier alpha value is -0.905. The van der Waals surface area contributed by atoms with Crippen LogP contribution in [0.4, 0.5) is 4.39 Å². The third-order valence-electron chi connectivity index (χ3n) is 5.43. The number of nitrogens with zero attached hydrogens (tertiary/aromatic N) is 1. The molecule has 2 heterocycles. The lowest BCUT2D eigenvalue weighted by molar-refractivity contribution is 0.00578. The standard InChI is InChI=1S/C18H27BFNO2/c1-17(2)18(3,4)23-19(22-17)15-9-8-14(12-16(15)20)13-21-10-6-5-7-11-21/h8-9,12H,5-7,10-11,13H2,1-4H3. The molecule has 0 aromatic heterocycles. The molecule has 2 aliphatic heterocycles. The summed E-state index contributed by atoms with van der Waals surface area (Å²) in [6.45, 7) is 11.0. The van der Waals surface area contributed by atoms with Gasteiger partial charge in [-0.3, -0.25) is 4.90 Å². The first kappa shape index (κ1) is 16.9. The average molecular weight is 319 g/mol. The monoisotopic (exact) mass is 319 g/mol. The molecule has 0 unspecified atom stereocenters. The highest BCUT2D eigenvalue weighted by molar-refractivity contribution is 6.62. The van der Waals surface area contributed by atoms with Crippen LogP contribution < -0.4 is 5.46 Å². The van der Waals surface area contributed by atoms with Gasteiger partial charge in [0.15, 0.2) is 0 Å². The van der Waals surface area contributed by atoms with Gasteiger partial charge >= 0.3 is 7.12 Å². The van der Waals surface area contributed by atoms with Crippen molar-refractivity contribution in [3.05, 3.63) is 29.6 Å². The van der Waals surface area contributed by atoms with Crippen molar-refractivity contribution >= 4 is 12.6 Å². The Bertz CT molecular complexity index is 554. The molecule has 0 saturated carbocycles. The molecule has 5 heteroatoms. The zero-order chi connectivity index (χ0) is 16.7. The second-order valence-corrected chi connectivity index (χ2v) is 7.78. The summed E-state index contributed by atoms with van der Waals surface area (Å²) in [7, 11) is -0.635. The Morgan fingerprint density at radius 1 is 1.04 bits per heavy atom. The molecule has 23 heavy (non-hydrogen) atoms. The summed E-state index contributed by atoms with van der Waals surface area (Å²) in [5.74, 6) is -0.238. The van der Waals surface area contributed by atoms with Gasteiger partial charge in [-0.05, 0) is 65.3 Å². The van der Waals surface area contributed by atoms with Gasteiger partial charge in [0.2, 0.25) is 0 Å². The summed E-state index contributed by atoms with van der Waals surface area (Å²) in [6, 6.07) is 5.45. The van der Waals surface area contributed by atoms with Crippen LogP contribution in [0.15, 0.2) is 18.2 Å². The van der Waals surface area contributed by atoms with E-state index in [-0.39, 0.29) is 5.82 Å². The van der Waals surface area contributed by atoms with E-state index in [0.717, 1.165) is 25.2 Å². The van der Waals surface area contributed by atoms with E-state index in [9.17, 15) is 4.39 Å². The van der Waals surface area contributed by atoms with Gasteiger partial charge in [-0.1, -0.05) is 18.6 Å². The third kappa shape index (κ3) is 3.47. The molecular formula is C18H27BFNO2. The van der Waals surface area contributed by atoms with E-state index in [1.54, 1.807) is 6.07 Å². The van der Waals surface area contributed by atoms with Crippen LogP contribution in [0.5, 0.6) is 0 Å². The molecule has 2 aliphatic rings. The topological polar surface area (TPSA) is 21.7 Å².